The van der Waals surface area contributed by atoms with Gasteiger partial charge in [0.1, 0.15) is 11.9 Å². The highest BCUT2D eigenvalue weighted by molar-refractivity contribution is 7.89. The number of rotatable bonds is 4. The summed E-state index contributed by atoms with van der Waals surface area (Å²) >= 11 is 0. The fraction of sp³-hybridized carbons (Fsp3) is 0.333. The lowest BCUT2D eigenvalue weighted by atomic mass is 10.1. The first-order valence-electron chi connectivity index (χ1n) is 7.24. The number of halogens is 1. The first-order chi connectivity index (χ1) is 11.1. The summed E-state index contributed by atoms with van der Waals surface area (Å²) in [5.74, 6) is -0.210. The van der Waals surface area contributed by atoms with Gasteiger partial charge in [-0.25, -0.2) is 17.8 Å². The second-order valence-corrected chi connectivity index (χ2v) is 7.18. The smallest absolute Gasteiger partial charge is 0.243 e. The maximum Gasteiger partial charge on any atom is 0.243 e. The first kappa shape index (κ1) is 15.8. The van der Waals surface area contributed by atoms with E-state index in [1.807, 2.05) is 0 Å². The molecule has 1 saturated heterocycles. The molecule has 23 heavy (non-hydrogen) atoms. The average Bonchev–Trinajstić information content (AvgIpc) is 2.56. The minimum Gasteiger partial charge on any atom is -0.472 e. The zero-order valence-electron chi connectivity index (χ0n) is 12.3. The molecule has 0 aliphatic carbocycles. The van der Waals surface area contributed by atoms with E-state index in [0.29, 0.717) is 18.8 Å². The van der Waals surface area contributed by atoms with Crippen molar-refractivity contribution >= 4 is 10.0 Å². The molecular weight excluding hydrogens is 321 g/mol. The van der Waals surface area contributed by atoms with Crippen molar-refractivity contribution in [2.45, 2.75) is 23.8 Å². The van der Waals surface area contributed by atoms with Crippen LogP contribution in [0.4, 0.5) is 4.39 Å². The third kappa shape index (κ3) is 3.65. The number of benzene rings is 1. The van der Waals surface area contributed by atoms with Crippen molar-refractivity contribution in [3.8, 4) is 5.88 Å². The van der Waals surface area contributed by atoms with Crippen LogP contribution in [0.15, 0.2) is 47.8 Å². The van der Waals surface area contributed by atoms with E-state index in [1.54, 1.807) is 0 Å². The molecule has 8 heteroatoms. The molecule has 2 heterocycles. The minimum absolute atomic E-state index is 0.0438. The Bertz CT molecular complexity index is 771. The monoisotopic (exact) mass is 337 g/mol. The lowest BCUT2D eigenvalue weighted by Crippen LogP contribution is -2.44. The highest BCUT2D eigenvalue weighted by atomic mass is 32.2. The molecule has 1 fully saturated rings. The van der Waals surface area contributed by atoms with E-state index in [-0.39, 0.29) is 17.5 Å². The number of ether oxygens (including phenoxy) is 1. The predicted octanol–water partition coefficient (Wildman–Crippen LogP) is 1.85. The normalized spacial score (nSPS) is 19.4. The summed E-state index contributed by atoms with van der Waals surface area (Å²) in [4.78, 5) is 7.90. The Hall–Kier alpha value is -2.06. The Morgan fingerprint density at radius 2 is 2.17 bits per heavy atom. The van der Waals surface area contributed by atoms with Crippen LogP contribution in [-0.2, 0) is 10.0 Å². The van der Waals surface area contributed by atoms with Gasteiger partial charge in [0.2, 0.25) is 15.9 Å². The Morgan fingerprint density at radius 3 is 2.91 bits per heavy atom. The van der Waals surface area contributed by atoms with Crippen molar-refractivity contribution in [1.82, 2.24) is 14.3 Å². The van der Waals surface area contributed by atoms with Gasteiger partial charge >= 0.3 is 0 Å². The molecule has 0 radical (unpaired) electrons. The van der Waals surface area contributed by atoms with Crippen molar-refractivity contribution in [2.24, 2.45) is 0 Å². The van der Waals surface area contributed by atoms with Crippen LogP contribution in [0.3, 0.4) is 0 Å². The second kappa shape index (κ2) is 6.59. The predicted molar refractivity (Wildman–Crippen MR) is 80.8 cm³/mol. The summed E-state index contributed by atoms with van der Waals surface area (Å²) in [6, 6.07) is 5.03. The standard InChI is InChI=1S/C15H16FN3O3S/c16-12-3-1-5-14(9-12)23(20,21)19-8-2-4-13(11-19)22-15-10-17-6-7-18-15/h1,3,5-7,9-10,13H,2,4,8,11H2. The van der Waals surface area contributed by atoms with Gasteiger partial charge in [0.25, 0.3) is 0 Å². The molecule has 1 aliphatic rings. The van der Waals surface area contributed by atoms with Crippen LogP contribution in [0.5, 0.6) is 5.88 Å². The number of sulfonamides is 1. The van der Waals surface area contributed by atoms with Gasteiger partial charge in [-0.3, -0.25) is 4.98 Å². The Balaban J connectivity index is 1.75. The van der Waals surface area contributed by atoms with Gasteiger partial charge in [-0.2, -0.15) is 4.31 Å². The summed E-state index contributed by atoms with van der Waals surface area (Å²) in [7, 11) is -3.73. The van der Waals surface area contributed by atoms with Gasteiger partial charge in [0.15, 0.2) is 0 Å². The van der Waals surface area contributed by atoms with Crippen LogP contribution in [-0.4, -0.2) is 41.9 Å². The maximum absolute atomic E-state index is 13.3. The van der Waals surface area contributed by atoms with Gasteiger partial charge in [-0.1, -0.05) is 6.07 Å². The molecule has 1 aliphatic heterocycles. The number of hydrogen-bond acceptors (Lipinski definition) is 5. The van der Waals surface area contributed by atoms with Gasteiger partial charge in [0.05, 0.1) is 17.6 Å². The number of nitrogens with zero attached hydrogens (tertiary/aromatic N) is 3. The molecule has 1 aromatic heterocycles. The van der Waals surface area contributed by atoms with Crippen molar-refractivity contribution in [1.29, 1.82) is 0 Å². The molecule has 1 aromatic carbocycles. The van der Waals surface area contributed by atoms with Crippen LogP contribution in [0, 0.1) is 5.82 Å². The fourth-order valence-corrected chi connectivity index (χ4v) is 4.06. The fourth-order valence-electron chi connectivity index (χ4n) is 2.51. The highest BCUT2D eigenvalue weighted by Crippen LogP contribution is 2.23. The van der Waals surface area contributed by atoms with Gasteiger partial charge in [0, 0.05) is 18.9 Å². The quantitative estimate of drug-likeness (QED) is 0.851. The first-order valence-corrected chi connectivity index (χ1v) is 8.68. The lowest BCUT2D eigenvalue weighted by Gasteiger charge is -2.31. The van der Waals surface area contributed by atoms with Gasteiger partial charge < -0.3 is 4.74 Å². The largest absolute Gasteiger partial charge is 0.472 e. The number of piperidine rings is 1. The molecule has 0 bridgehead atoms. The Labute approximate surface area is 134 Å². The Morgan fingerprint density at radius 1 is 1.30 bits per heavy atom. The van der Waals surface area contributed by atoms with Crippen LogP contribution in [0.25, 0.3) is 0 Å². The van der Waals surface area contributed by atoms with E-state index in [1.165, 1.54) is 41.1 Å². The lowest BCUT2D eigenvalue weighted by molar-refractivity contribution is 0.124. The molecule has 0 spiro atoms. The van der Waals surface area contributed by atoms with E-state index in [9.17, 15) is 12.8 Å². The van der Waals surface area contributed by atoms with E-state index < -0.39 is 15.8 Å². The van der Waals surface area contributed by atoms with Crippen molar-refractivity contribution in [3.63, 3.8) is 0 Å². The van der Waals surface area contributed by atoms with E-state index in [2.05, 4.69) is 9.97 Å². The maximum atomic E-state index is 13.3. The minimum atomic E-state index is -3.73. The molecule has 1 atom stereocenters. The summed E-state index contributed by atoms with van der Waals surface area (Å²) < 4.78 is 45.5. The van der Waals surface area contributed by atoms with Gasteiger partial charge in [-0.05, 0) is 31.0 Å². The third-order valence-electron chi connectivity index (χ3n) is 3.60. The molecule has 122 valence electrons. The molecule has 6 nitrogen and oxygen atoms in total. The molecule has 0 saturated carbocycles. The molecule has 2 aromatic rings. The second-order valence-electron chi connectivity index (χ2n) is 5.25. The number of hydrogen-bond donors (Lipinski definition) is 0. The van der Waals surface area contributed by atoms with E-state index in [4.69, 9.17) is 4.74 Å². The summed E-state index contributed by atoms with van der Waals surface area (Å²) in [5, 5.41) is 0. The SMILES string of the molecule is O=S(=O)(c1cccc(F)c1)N1CCCC(Oc2cnccn2)C1. The molecule has 0 N–H and O–H groups in total. The zero-order valence-corrected chi connectivity index (χ0v) is 13.1. The van der Waals surface area contributed by atoms with Crippen LogP contribution in [0.2, 0.25) is 0 Å². The molecule has 1 unspecified atom stereocenters. The highest BCUT2D eigenvalue weighted by Gasteiger charge is 2.31. The summed E-state index contributed by atoms with van der Waals surface area (Å²) in [5.41, 5.74) is 0. The van der Waals surface area contributed by atoms with E-state index >= 15 is 0 Å². The zero-order chi connectivity index (χ0) is 16.3. The van der Waals surface area contributed by atoms with Crippen molar-refractivity contribution in [3.05, 3.63) is 48.7 Å². The summed E-state index contributed by atoms with van der Waals surface area (Å²) in [6.07, 6.45) is 5.63. The van der Waals surface area contributed by atoms with E-state index in [0.717, 1.165) is 12.5 Å². The van der Waals surface area contributed by atoms with Crippen LogP contribution < -0.4 is 4.74 Å². The van der Waals surface area contributed by atoms with Crippen LogP contribution in [0.1, 0.15) is 12.8 Å². The Kier molecular flexibility index (Phi) is 4.53. The molecule has 0 amide bonds. The topological polar surface area (TPSA) is 72.4 Å². The van der Waals surface area contributed by atoms with Crippen molar-refractivity contribution in [2.75, 3.05) is 13.1 Å². The molecule has 3 rings (SSSR count). The van der Waals surface area contributed by atoms with Crippen molar-refractivity contribution < 1.29 is 17.5 Å². The number of aromatic nitrogens is 2. The van der Waals surface area contributed by atoms with Gasteiger partial charge in [-0.15, -0.1) is 0 Å². The van der Waals surface area contributed by atoms with Crippen LogP contribution >= 0.6 is 0 Å². The third-order valence-corrected chi connectivity index (χ3v) is 5.46. The average molecular weight is 337 g/mol. The molecular formula is C15H16FN3O3S. The summed E-state index contributed by atoms with van der Waals surface area (Å²) in [6.45, 7) is 0.592.